The monoisotopic (exact) mass is 396 g/mol. The van der Waals surface area contributed by atoms with Gasteiger partial charge in [-0.15, -0.1) is 0 Å². The topological polar surface area (TPSA) is 9.23 Å². The Morgan fingerprint density at radius 3 is 1.52 bits per heavy atom. The molecule has 160 valence electrons. The van der Waals surface area contributed by atoms with Crippen LogP contribution in [0.1, 0.15) is 131 Å². The quantitative estimate of drug-likeness (QED) is 0.250. The molecule has 0 saturated heterocycles. The van der Waals surface area contributed by atoms with Gasteiger partial charge in [-0.25, -0.2) is 0 Å². The summed E-state index contributed by atoms with van der Waals surface area (Å²) in [7, 11) is -0.210. The van der Waals surface area contributed by atoms with E-state index in [4.69, 9.17) is 4.52 Å². The van der Waals surface area contributed by atoms with Crippen LogP contribution in [-0.4, -0.2) is 17.9 Å². The number of hydrogen-bond acceptors (Lipinski definition) is 1. The molecule has 2 fully saturated rings. The molecule has 27 heavy (non-hydrogen) atoms. The molecule has 0 amide bonds. The van der Waals surface area contributed by atoms with Gasteiger partial charge in [-0.3, -0.25) is 0 Å². The summed E-state index contributed by atoms with van der Waals surface area (Å²) < 4.78 is 6.75. The van der Waals surface area contributed by atoms with E-state index in [0.29, 0.717) is 10.8 Å². The Morgan fingerprint density at radius 2 is 1.07 bits per heavy atom. The SMILES string of the molecule is CCCCCCCCCOP(C1CCC(C)(C)CC1)C1CCC(C)(C)CC1. The van der Waals surface area contributed by atoms with E-state index in [-0.39, 0.29) is 8.15 Å². The Bertz CT molecular complexity index is 355. The molecule has 0 aromatic heterocycles. The second-order valence-electron chi connectivity index (χ2n) is 11.1. The van der Waals surface area contributed by atoms with E-state index in [1.54, 1.807) is 0 Å². The standard InChI is InChI=1S/C25H49OP/c1-6-7-8-9-10-11-12-21-26-27(22-13-17-24(2,3)18-14-22)23-15-19-25(4,5)20-16-23/h22-23H,6-21H2,1-5H3. The van der Waals surface area contributed by atoms with Gasteiger partial charge < -0.3 is 4.52 Å². The lowest BCUT2D eigenvalue weighted by atomic mass is 9.77. The Labute approximate surface area is 172 Å². The molecule has 2 rings (SSSR count). The minimum Gasteiger partial charge on any atom is -0.359 e. The van der Waals surface area contributed by atoms with Crippen LogP contribution in [0.15, 0.2) is 0 Å². The van der Waals surface area contributed by atoms with Gasteiger partial charge in [0.1, 0.15) is 0 Å². The molecule has 1 nitrogen and oxygen atoms in total. The van der Waals surface area contributed by atoms with E-state index in [2.05, 4.69) is 34.6 Å². The summed E-state index contributed by atoms with van der Waals surface area (Å²) in [6.07, 6.45) is 21.1. The van der Waals surface area contributed by atoms with Crippen molar-refractivity contribution in [3.05, 3.63) is 0 Å². The molecule has 0 aromatic rings. The summed E-state index contributed by atoms with van der Waals surface area (Å²) in [5.74, 6) is 0. The molecule has 0 heterocycles. The van der Waals surface area contributed by atoms with Gasteiger partial charge in [0, 0.05) is 19.5 Å². The lowest BCUT2D eigenvalue weighted by Crippen LogP contribution is -2.30. The molecule has 0 spiro atoms. The molecule has 0 aliphatic heterocycles. The average Bonchev–Trinajstić information content (AvgIpc) is 2.62. The van der Waals surface area contributed by atoms with Crippen LogP contribution in [0, 0.1) is 10.8 Å². The maximum Gasteiger partial charge on any atom is 0.0509 e. The summed E-state index contributed by atoms with van der Waals surface area (Å²) in [6, 6.07) is 0. The minimum atomic E-state index is -0.210. The van der Waals surface area contributed by atoms with Crippen molar-refractivity contribution in [3.63, 3.8) is 0 Å². The molecule has 2 aliphatic carbocycles. The van der Waals surface area contributed by atoms with Crippen molar-refractivity contribution in [2.45, 2.75) is 142 Å². The summed E-state index contributed by atoms with van der Waals surface area (Å²) in [6.45, 7) is 13.2. The van der Waals surface area contributed by atoms with Crippen LogP contribution in [0.5, 0.6) is 0 Å². The van der Waals surface area contributed by atoms with Crippen molar-refractivity contribution < 1.29 is 4.52 Å². The Balaban J connectivity index is 1.78. The third-order valence-corrected chi connectivity index (χ3v) is 10.3. The fourth-order valence-electron chi connectivity index (χ4n) is 5.02. The van der Waals surface area contributed by atoms with Crippen LogP contribution >= 0.6 is 8.15 Å². The molecule has 0 aromatic carbocycles. The van der Waals surface area contributed by atoms with Crippen molar-refractivity contribution >= 4 is 8.15 Å². The zero-order chi connectivity index (χ0) is 19.8. The molecule has 0 unspecified atom stereocenters. The summed E-state index contributed by atoms with van der Waals surface area (Å²) >= 11 is 0. The third-order valence-electron chi connectivity index (χ3n) is 7.33. The predicted octanol–water partition coefficient (Wildman–Crippen LogP) is 9.09. The van der Waals surface area contributed by atoms with Gasteiger partial charge in [0.15, 0.2) is 0 Å². The van der Waals surface area contributed by atoms with Crippen molar-refractivity contribution in [2.75, 3.05) is 6.61 Å². The molecule has 0 atom stereocenters. The highest BCUT2D eigenvalue weighted by molar-refractivity contribution is 7.54. The van der Waals surface area contributed by atoms with Crippen molar-refractivity contribution in [1.29, 1.82) is 0 Å². The van der Waals surface area contributed by atoms with E-state index < -0.39 is 0 Å². The fraction of sp³-hybridized carbons (Fsp3) is 1.00. The smallest absolute Gasteiger partial charge is 0.0509 e. The molecule has 0 N–H and O–H groups in total. The lowest BCUT2D eigenvalue weighted by Gasteiger charge is -2.43. The molecular weight excluding hydrogens is 347 g/mol. The van der Waals surface area contributed by atoms with Gasteiger partial charge in [0.2, 0.25) is 0 Å². The predicted molar refractivity (Wildman–Crippen MR) is 123 cm³/mol. The van der Waals surface area contributed by atoms with Crippen molar-refractivity contribution in [2.24, 2.45) is 10.8 Å². The van der Waals surface area contributed by atoms with Gasteiger partial charge in [0.25, 0.3) is 0 Å². The first-order valence-corrected chi connectivity index (χ1v) is 13.6. The number of rotatable bonds is 11. The molecule has 0 radical (unpaired) electrons. The second kappa shape index (κ2) is 11.5. The minimum absolute atomic E-state index is 0.210. The van der Waals surface area contributed by atoms with Crippen molar-refractivity contribution in [1.82, 2.24) is 0 Å². The molecule has 2 heteroatoms. The van der Waals surface area contributed by atoms with Crippen LogP contribution in [0.4, 0.5) is 0 Å². The van der Waals surface area contributed by atoms with E-state index in [9.17, 15) is 0 Å². The Morgan fingerprint density at radius 1 is 0.667 bits per heavy atom. The summed E-state index contributed by atoms with van der Waals surface area (Å²) in [5, 5.41) is 0. The van der Waals surface area contributed by atoms with Crippen LogP contribution in [-0.2, 0) is 4.52 Å². The van der Waals surface area contributed by atoms with Gasteiger partial charge in [-0.05, 0) is 68.6 Å². The number of unbranched alkanes of at least 4 members (excludes halogenated alkanes) is 6. The molecule has 2 saturated carbocycles. The fourth-order valence-corrected chi connectivity index (χ4v) is 7.91. The van der Waals surface area contributed by atoms with Gasteiger partial charge in [-0.1, -0.05) is 73.1 Å². The van der Waals surface area contributed by atoms with Crippen LogP contribution in [0.3, 0.4) is 0 Å². The van der Waals surface area contributed by atoms with Gasteiger partial charge in [-0.2, -0.15) is 0 Å². The number of hydrogen-bond donors (Lipinski definition) is 0. The Hall–Kier alpha value is 0.390. The van der Waals surface area contributed by atoms with Gasteiger partial charge in [0.05, 0.1) is 6.61 Å². The zero-order valence-corrected chi connectivity index (χ0v) is 20.2. The van der Waals surface area contributed by atoms with Crippen LogP contribution in [0.2, 0.25) is 0 Å². The highest BCUT2D eigenvalue weighted by atomic mass is 31.1. The van der Waals surface area contributed by atoms with E-state index in [1.807, 2.05) is 0 Å². The summed E-state index contributed by atoms with van der Waals surface area (Å²) in [4.78, 5) is 0. The summed E-state index contributed by atoms with van der Waals surface area (Å²) in [5.41, 5.74) is 2.93. The largest absolute Gasteiger partial charge is 0.359 e. The third kappa shape index (κ3) is 8.74. The van der Waals surface area contributed by atoms with Crippen LogP contribution in [0.25, 0.3) is 0 Å². The average molecular weight is 397 g/mol. The Kier molecular flexibility index (Phi) is 10.1. The maximum absolute atomic E-state index is 6.75. The molecule has 2 aliphatic rings. The van der Waals surface area contributed by atoms with Gasteiger partial charge >= 0.3 is 0 Å². The lowest BCUT2D eigenvalue weighted by molar-refractivity contribution is 0.223. The van der Waals surface area contributed by atoms with E-state index in [1.165, 1.54) is 96.3 Å². The second-order valence-corrected chi connectivity index (χ2v) is 13.5. The maximum atomic E-state index is 6.75. The highest BCUT2D eigenvalue weighted by Gasteiger charge is 2.38. The first kappa shape index (κ1) is 23.7. The first-order chi connectivity index (χ1) is 12.8. The van der Waals surface area contributed by atoms with E-state index >= 15 is 0 Å². The molecular formula is C25H49OP. The molecule has 0 bridgehead atoms. The normalized spacial score (nSPS) is 23.8. The zero-order valence-electron chi connectivity index (χ0n) is 19.3. The van der Waals surface area contributed by atoms with E-state index in [0.717, 1.165) is 17.9 Å². The van der Waals surface area contributed by atoms with Crippen LogP contribution < -0.4 is 0 Å². The first-order valence-electron chi connectivity index (χ1n) is 12.2. The van der Waals surface area contributed by atoms with Crippen molar-refractivity contribution in [3.8, 4) is 0 Å². The highest BCUT2D eigenvalue weighted by Crippen LogP contribution is 2.59.